The predicted octanol–water partition coefficient (Wildman–Crippen LogP) is 20.4. The molecule has 6 nitrogen and oxygen atoms in total. The van der Waals surface area contributed by atoms with Crippen molar-refractivity contribution in [2.75, 3.05) is 0 Å². The summed E-state index contributed by atoms with van der Waals surface area (Å²) < 4.78 is 73.6. The topological polar surface area (TPSA) is 49.0 Å². The number of benzene rings is 10. The Morgan fingerprint density at radius 2 is 1.21 bits per heavy atom. The van der Waals surface area contributed by atoms with Crippen LogP contribution in [0.2, 0.25) is 0 Å². The van der Waals surface area contributed by atoms with Crippen LogP contribution >= 0.6 is 0 Å². The first kappa shape index (κ1) is 48.1. The van der Waals surface area contributed by atoms with Gasteiger partial charge in [0.2, 0.25) is 0 Å². The molecular formula is C80H64N4O2Pt-2. The second kappa shape index (κ2) is 20.0. The molecule has 14 aromatic rings. The molecule has 0 radical (unpaired) electrons. The Hall–Kier alpha value is -9.09. The van der Waals surface area contributed by atoms with E-state index in [2.05, 4.69) is 179 Å². The molecule has 1 aliphatic heterocycles. The van der Waals surface area contributed by atoms with E-state index in [0.29, 0.717) is 28.3 Å². The summed E-state index contributed by atoms with van der Waals surface area (Å²) in [6.07, 6.45) is 7.85. The molecule has 16 rings (SSSR count). The maximum absolute atomic E-state index is 8.99. The molecule has 2 aliphatic rings. The van der Waals surface area contributed by atoms with Gasteiger partial charge in [-0.3, -0.25) is 4.57 Å². The quantitative estimate of drug-likeness (QED) is 0.123. The summed E-state index contributed by atoms with van der Waals surface area (Å²) in [6.45, 7) is 10.7. The monoisotopic (exact) mass is 1310 g/mol. The fraction of sp³-hybridized carbons (Fsp3) is 0.175. The molecule has 0 saturated heterocycles. The molecule has 4 aromatic heterocycles. The molecule has 1 aliphatic carbocycles. The van der Waals surface area contributed by atoms with E-state index >= 15 is 0 Å². The average Bonchev–Trinajstić information content (AvgIpc) is 1.66. The normalized spacial score (nSPS) is 15.3. The molecule has 428 valence electrons. The van der Waals surface area contributed by atoms with E-state index in [1.807, 2.05) is 83.6 Å². The molecular weight excluding hydrogens is 1240 g/mol. The van der Waals surface area contributed by atoms with Crippen molar-refractivity contribution >= 4 is 54.8 Å². The van der Waals surface area contributed by atoms with Crippen molar-refractivity contribution in [3.63, 3.8) is 0 Å². The van der Waals surface area contributed by atoms with Crippen LogP contribution in [0.15, 0.2) is 205 Å². The summed E-state index contributed by atoms with van der Waals surface area (Å²) in [5.74, 6) is 1.65. The summed E-state index contributed by atoms with van der Waals surface area (Å²) in [5, 5.41) is 4.06. The van der Waals surface area contributed by atoms with Crippen molar-refractivity contribution in [3.8, 4) is 84.3 Å². The Morgan fingerprint density at radius 3 is 1.98 bits per heavy atom. The molecule has 0 fully saturated rings. The Morgan fingerprint density at radius 1 is 0.552 bits per heavy atom. The summed E-state index contributed by atoms with van der Waals surface area (Å²) in [6, 6.07) is 72.5. The smallest absolute Gasteiger partial charge is 0.268 e. The first-order valence-electron chi connectivity index (χ1n) is 32.6. The first-order valence-corrected chi connectivity index (χ1v) is 29.6. The Balaban J connectivity index is 0.00000716. The van der Waals surface area contributed by atoms with Gasteiger partial charge in [-0.1, -0.05) is 169 Å². The number of imidazole rings is 1. The van der Waals surface area contributed by atoms with Gasteiger partial charge in [0.1, 0.15) is 17.0 Å². The minimum absolute atomic E-state index is 0. The zero-order valence-corrected chi connectivity index (χ0v) is 51.7. The minimum Gasteiger partial charge on any atom is -0.510 e. The van der Waals surface area contributed by atoms with Crippen LogP contribution in [0.25, 0.3) is 128 Å². The minimum atomic E-state index is -2.69. The zero-order valence-electron chi connectivity index (χ0n) is 55.4. The standard InChI is InChI=1S/C80H64N4O2.Pt/c1-48-19-16-20-49(2)75(48)51-40-66-58-24-11-10-23-57(58)63-45-67-68(80(8,9)37-36-79(67,6)7)46-64(63)62-28-18-27-56(50-31-34-73-65(39-50)61-26-13-15-30-72(61)86-73)76(62)83-47-82(71(41-51)77(66)83)53-21-17-22-54(43-53)85-55-32-33-60-59-25-12-14-29-69(59)84(70(60)44-55)74-42-52(35-38-81-74)78(3,4)5;/h10-35,38-42,45-46H,36-37H2,1-9H3;/q-2;/i1D3,2D3;. The summed E-state index contributed by atoms with van der Waals surface area (Å²) in [5.41, 5.74) is 17.5. The Kier molecular flexibility index (Phi) is 11.0. The molecule has 10 aromatic carbocycles. The van der Waals surface area contributed by atoms with E-state index in [9.17, 15) is 0 Å². The summed E-state index contributed by atoms with van der Waals surface area (Å²) in [7, 11) is 0. The van der Waals surface area contributed by atoms with Gasteiger partial charge >= 0.3 is 0 Å². The van der Waals surface area contributed by atoms with Crippen molar-refractivity contribution in [1.82, 2.24) is 14.1 Å². The van der Waals surface area contributed by atoms with E-state index in [0.717, 1.165) is 124 Å². The van der Waals surface area contributed by atoms with Crippen LogP contribution in [0, 0.1) is 32.2 Å². The molecule has 0 N–H and O–H groups in total. The van der Waals surface area contributed by atoms with Gasteiger partial charge in [-0.05, 0) is 186 Å². The predicted molar refractivity (Wildman–Crippen MR) is 351 cm³/mol. The number of hydrogen-bond donors (Lipinski definition) is 0. The van der Waals surface area contributed by atoms with Crippen molar-refractivity contribution < 1.29 is 43.0 Å². The van der Waals surface area contributed by atoms with Gasteiger partial charge in [-0.25, -0.2) is 4.98 Å². The van der Waals surface area contributed by atoms with E-state index < -0.39 is 13.7 Å². The van der Waals surface area contributed by atoms with Crippen LogP contribution < -0.4 is 9.30 Å². The summed E-state index contributed by atoms with van der Waals surface area (Å²) >= 11 is 0. The molecule has 87 heavy (non-hydrogen) atoms. The van der Waals surface area contributed by atoms with Gasteiger partial charge in [0.15, 0.2) is 0 Å². The molecule has 5 heterocycles. The maximum atomic E-state index is 8.99. The van der Waals surface area contributed by atoms with E-state index in [1.165, 1.54) is 29.3 Å². The zero-order chi connectivity index (χ0) is 63.5. The largest absolute Gasteiger partial charge is 0.510 e. The van der Waals surface area contributed by atoms with Crippen LogP contribution in [0.3, 0.4) is 0 Å². The molecule has 0 spiro atoms. The molecule has 0 saturated carbocycles. The van der Waals surface area contributed by atoms with E-state index in [4.69, 9.17) is 22.4 Å². The van der Waals surface area contributed by atoms with E-state index in [-0.39, 0.29) is 54.0 Å². The van der Waals surface area contributed by atoms with Gasteiger partial charge in [0.25, 0.3) is 6.33 Å². The second-order valence-corrected chi connectivity index (χ2v) is 25.8. The molecule has 0 amide bonds. The Labute approximate surface area is 531 Å². The first-order chi connectivity index (χ1) is 44.0. The number of hydrogen-bond acceptors (Lipinski definition) is 3. The van der Waals surface area contributed by atoms with E-state index in [1.54, 1.807) is 0 Å². The van der Waals surface area contributed by atoms with Crippen LogP contribution in [0.1, 0.15) is 97.3 Å². The number of furan rings is 1. The number of aryl methyl sites for hydroxylation is 2. The Bertz CT molecular complexity index is 5390. The van der Waals surface area contributed by atoms with Crippen molar-refractivity contribution in [2.45, 2.75) is 91.3 Å². The number of fused-ring (bicyclic) bond motifs is 14. The van der Waals surface area contributed by atoms with Gasteiger partial charge in [0, 0.05) is 63.3 Å². The van der Waals surface area contributed by atoms with Gasteiger partial charge < -0.3 is 18.3 Å². The third-order valence-electron chi connectivity index (χ3n) is 18.5. The van der Waals surface area contributed by atoms with Gasteiger partial charge in [-0.2, -0.15) is 18.2 Å². The van der Waals surface area contributed by atoms with Crippen molar-refractivity contribution in [2.24, 2.45) is 0 Å². The van der Waals surface area contributed by atoms with Crippen LogP contribution in [-0.2, 0) is 37.3 Å². The number of rotatable bonds is 6. The molecule has 0 bridgehead atoms. The second-order valence-electron chi connectivity index (χ2n) is 25.8. The summed E-state index contributed by atoms with van der Waals surface area (Å²) in [4.78, 5) is 4.91. The number of ether oxygens (including phenoxy) is 1. The number of pyridine rings is 1. The van der Waals surface area contributed by atoms with Crippen LogP contribution in [0.4, 0.5) is 0 Å². The van der Waals surface area contributed by atoms with Crippen molar-refractivity contribution in [1.29, 1.82) is 0 Å². The molecule has 0 unspecified atom stereocenters. The van der Waals surface area contributed by atoms with Crippen LogP contribution in [-0.4, -0.2) is 14.1 Å². The third-order valence-corrected chi connectivity index (χ3v) is 18.5. The number of nitrogens with zero attached hydrogens (tertiary/aromatic N) is 4. The SMILES string of the molecule is [2H]C([2H])([2H])c1cccc(C([2H])([2H])[2H])c1-c1cc2c3c(c1)n(-c1[c-]c(Oc4[c-]c5c(cc4)c4ccccc4n5-c4cc(C(C)(C)C)ccn4)ccc1)[c-][n+]3-c1c(-c3ccc4oc5ccccc5c4c3)cccc1-c1cc3c(cc1-c1ccccc1-2)C(C)(C)CCC3(C)C.[Pt]. The number of aromatic nitrogens is 4. The van der Waals surface area contributed by atoms with Crippen LogP contribution in [0.5, 0.6) is 11.5 Å². The third kappa shape index (κ3) is 8.69. The fourth-order valence-electron chi connectivity index (χ4n) is 13.9. The maximum Gasteiger partial charge on any atom is 0.268 e. The molecule has 7 heteroatoms. The van der Waals surface area contributed by atoms with Crippen molar-refractivity contribution in [3.05, 3.63) is 247 Å². The fourth-order valence-corrected chi connectivity index (χ4v) is 13.9. The molecule has 0 atom stereocenters. The number of para-hydroxylation sites is 3. The van der Waals surface area contributed by atoms with Gasteiger partial charge in [-0.15, -0.1) is 29.7 Å². The van der Waals surface area contributed by atoms with Gasteiger partial charge in [0.05, 0.1) is 16.7 Å². The average molecular weight is 1310 g/mol.